The first-order chi connectivity index (χ1) is 14.5. The number of carboxylic acid groups (broad SMARTS) is 2. The van der Waals surface area contributed by atoms with Crippen molar-refractivity contribution >= 4 is 18.0 Å². The van der Waals surface area contributed by atoms with Crippen LogP contribution in [-0.4, -0.2) is 71.8 Å². The van der Waals surface area contributed by atoms with Gasteiger partial charge in [0.1, 0.15) is 5.75 Å². The van der Waals surface area contributed by atoms with Crippen LogP contribution in [0.15, 0.2) is 60.7 Å². The predicted molar refractivity (Wildman–Crippen MR) is 115 cm³/mol. The topological polar surface area (TPSA) is 90.3 Å². The fourth-order valence-electron chi connectivity index (χ4n) is 3.06. The van der Waals surface area contributed by atoms with Gasteiger partial charge in [0, 0.05) is 39.3 Å². The second kappa shape index (κ2) is 12.4. The largest absolute Gasteiger partial charge is 0.497 e. The van der Waals surface area contributed by atoms with Gasteiger partial charge in [-0.1, -0.05) is 54.6 Å². The average Bonchev–Trinajstić information content (AvgIpc) is 2.76. The molecular weight excluding hydrogens is 384 g/mol. The Bertz CT molecular complexity index is 818. The lowest BCUT2D eigenvalue weighted by Gasteiger charge is -2.34. The summed E-state index contributed by atoms with van der Waals surface area (Å²) in [6.07, 6.45) is 4.48. The molecule has 0 radical (unpaired) electrons. The zero-order chi connectivity index (χ0) is 21.8. The van der Waals surface area contributed by atoms with Crippen LogP contribution in [0.1, 0.15) is 11.1 Å². The molecule has 2 N–H and O–H groups in total. The summed E-state index contributed by atoms with van der Waals surface area (Å²) in [7, 11) is 1.72. The highest BCUT2D eigenvalue weighted by Gasteiger charge is 2.16. The summed E-state index contributed by atoms with van der Waals surface area (Å²) < 4.78 is 5.31. The van der Waals surface area contributed by atoms with Gasteiger partial charge in [-0.2, -0.15) is 0 Å². The first kappa shape index (κ1) is 23.1. The molecule has 1 fully saturated rings. The number of methoxy groups -OCH3 is 1. The van der Waals surface area contributed by atoms with Crippen LogP contribution >= 0.6 is 0 Å². The second-order valence-electron chi connectivity index (χ2n) is 6.85. The predicted octanol–water partition coefficient (Wildman–Crippen LogP) is 2.68. The van der Waals surface area contributed by atoms with Crippen molar-refractivity contribution in [1.82, 2.24) is 9.80 Å². The standard InChI is InChI=1S/C21H26N2O.C2H2O4/c1-24-21-11-5-9-20(17-21)18-23-15-13-22(14-16-23)12-6-10-19-7-3-2-4-8-19;3-1(4)2(5)6/h2-11,17H,12-16,18H2,1H3;(H,3,4)(H,5,6). The minimum Gasteiger partial charge on any atom is -0.497 e. The number of ether oxygens (including phenoxy) is 1. The van der Waals surface area contributed by atoms with Crippen molar-refractivity contribution in [2.24, 2.45) is 0 Å². The lowest BCUT2D eigenvalue weighted by Crippen LogP contribution is -2.45. The van der Waals surface area contributed by atoms with Crippen LogP contribution in [0, 0.1) is 0 Å². The van der Waals surface area contributed by atoms with Crippen LogP contribution in [0.2, 0.25) is 0 Å². The van der Waals surface area contributed by atoms with Crippen molar-refractivity contribution in [3.63, 3.8) is 0 Å². The zero-order valence-corrected chi connectivity index (χ0v) is 17.1. The molecule has 0 aliphatic carbocycles. The fourth-order valence-corrected chi connectivity index (χ4v) is 3.06. The van der Waals surface area contributed by atoms with Crippen molar-refractivity contribution in [2.45, 2.75) is 6.54 Å². The fraction of sp³-hybridized carbons (Fsp3) is 0.304. The van der Waals surface area contributed by atoms with Gasteiger partial charge < -0.3 is 14.9 Å². The van der Waals surface area contributed by atoms with Gasteiger partial charge in [-0.15, -0.1) is 0 Å². The van der Waals surface area contributed by atoms with E-state index in [9.17, 15) is 0 Å². The Morgan fingerprint density at radius 2 is 1.57 bits per heavy atom. The summed E-state index contributed by atoms with van der Waals surface area (Å²) in [6, 6.07) is 18.9. The van der Waals surface area contributed by atoms with E-state index in [-0.39, 0.29) is 0 Å². The summed E-state index contributed by atoms with van der Waals surface area (Å²) in [5.41, 5.74) is 2.60. The molecule has 3 rings (SSSR count). The minimum atomic E-state index is -1.82. The molecule has 0 amide bonds. The molecule has 1 aliphatic heterocycles. The van der Waals surface area contributed by atoms with E-state index in [1.807, 2.05) is 6.07 Å². The molecule has 0 aromatic heterocycles. The van der Waals surface area contributed by atoms with Crippen LogP contribution in [0.4, 0.5) is 0 Å². The van der Waals surface area contributed by atoms with E-state index in [1.54, 1.807) is 7.11 Å². The molecule has 0 atom stereocenters. The third-order valence-electron chi connectivity index (χ3n) is 4.66. The van der Waals surface area contributed by atoms with E-state index < -0.39 is 11.9 Å². The van der Waals surface area contributed by atoms with Crippen molar-refractivity contribution in [3.05, 3.63) is 71.8 Å². The van der Waals surface area contributed by atoms with Gasteiger partial charge in [0.2, 0.25) is 0 Å². The molecule has 160 valence electrons. The highest BCUT2D eigenvalue weighted by atomic mass is 16.5. The number of hydrogen-bond donors (Lipinski definition) is 2. The van der Waals surface area contributed by atoms with Gasteiger partial charge in [0.15, 0.2) is 0 Å². The van der Waals surface area contributed by atoms with Gasteiger partial charge in [0.05, 0.1) is 7.11 Å². The molecule has 2 aromatic rings. The lowest BCUT2D eigenvalue weighted by atomic mass is 10.2. The molecule has 1 heterocycles. The summed E-state index contributed by atoms with van der Waals surface area (Å²) >= 11 is 0. The Kier molecular flexibility index (Phi) is 9.57. The van der Waals surface area contributed by atoms with E-state index in [4.69, 9.17) is 24.5 Å². The van der Waals surface area contributed by atoms with E-state index in [0.717, 1.165) is 45.0 Å². The maximum atomic E-state index is 9.10. The Balaban J connectivity index is 0.000000469. The molecule has 0 spiro atoms. The van der Waals surface area contributed by atoms with Gasteiger partial charge in [-0.05, 0) is 23.3 Å². The first-order valence-electron chi connectivity index (χ1n) is 9.73. The number of nitrogens with zero attached hydrogens (tertiary/aromatic N) is 2. The zero-order valence-electron chi connectivity index (χ0n) is 17.1. The smallest absolute Gasteiger partial charge is 0.414 e. The van der Waals surface area contributed by atoms with Gasteiger partial charge in [0.25, 0.3) is 0 Å². The van der Waals surface area contributed by atoms with Gasteiger partial charge in [-0.25, -0.2) is 9.59 Å². The van der Waals surface area contributed by atoms with Crippen LogP contribution in [0.3, 0.4) is 0 Å². The second-order valence-corrected chi connectivity index (χ2v) is 6.85. The highest BCUT2D eigenvalue weighted by molar-refractivity contribution is 6.27. The molecule has 1 saturated heterocycles. The van der Waals surface area contributed by atoms with E-state index >= 15 is 0 Å². The molecular formula is C23H28N2O5. The number of benzene rings is 2. The van der Waals surface area contributed by atoms with Crippen LogP contribution in [0.5, 0.6) is 5.75 Å². The molecule has 0 bridgehead atoms. The minimum absolute atomic E-state index is 0.942. The maximum Gasteiger partial charge on any atom is 0.414 e. The third-order valence-corrected chi connectivity index (χ3v) is 4.66. The normalized spacial score (nSPS) is 14.7. The Morgan fingerprint density at radius 1 is 0.933 bits per heavy atom. The summed E-state index contributed by atoms with van der Waals surface area (Å²) in [5, 5.41) is 14.8. The Labute approximate surface area is 176 Å². The van der Waals surface area contributed by atoms with Crippen molar-refractivity contribution in [1.29, 1.82) is 0 Å². The lowest BCUT2D eigenvalue weighted by molar-refractivity contribution is -0.159. The molecule has 0 unspecified atom stereocenters. The molecule has 7 heteroatoms. The van der Waals surface area contributed by atoms with Crippen molar-refractivity contribution < 1.29 is 24.5 Å². The van der Waals surface area contributed by atoms with Crippen molar-refractivity contribution in [2.75, 3.05) is 39.8 Å². The summed E-state index contributed by atoms with van der Waals surface area (Å²) in [6.45, 7) is 6.53. The number of hydrogen-bond acceptors (Lipinski definition) is 5. The van der Waals surface area contributed by atoms with E-state index in [2.05, 4.69) is 70.5 Å². The summed E-state index contributed by atoms with van der Waals surface area (Å²) in [4.78, 5) is 23.2. The molecule has 2 aromatic carbocycles. The number of rotatable bonds is 6. The van der Waals surface area contributed by atoms with E-state index in [1.165, 1.54) is 11.1 Å². The van der Waals surface area contributed by atoms with Gasteiger partial charge in [-0.3, -0.25) is 9.80 Å². The van der Waals surface area contributed by atoms with Crippen LogP contribution in [-0.2, 0) is 16.1 Å². The molecule has 1 aliphatic rings. The number of piperazine rings is 1. The molecule has 0 saturated carbocycles. The monoisotopic (exact) mass is 412 g/mol. The highest BCUT2D eigenvalue weighted by Crippen LogP contribution is 2.15. The SMILES string of the molecule is COc1cccc(CN2CCN(CC=Cc3ccccc3)CC2)c1.O=C(O)C(=O)O. The third kappa shape index (κ3) is 8.46. The van der Waals surface area contributed by atoms with Crippen molar-refractivity contribution in [3.8, 4) is 5.75 Å². The Morgan fingerprint density at radius 3 is 2.17 bits per heavy atom. The quantitative estimate of drug-likeness (QED) is 0.705. The molecule has 7 nitrogen and oxygen atoms in total. The average molecular weight is 412 g/mol. The Hall–Kier alpha value is -3.16. The number of carboxylic acids is 2. The summed E-state index contributed by atoms with van der Waals surface area (Å²) in [5.74, 6) is -2.71. The molecule has 30 heavy (non-hydrogen) atoms. The maximum absolute atomic E-state index is 9.10. The van der Waals surface area contributed by atoms with E-state index in [0.29, 0.717) is 0 Å². The van der Waals surface area contributed by atoms with Crippen LogP contribution < -0.4 is 4.74 Å². The number of aliphatic carboxylic acids is 2. The van der Waals surface area contributed by atoms with Crippen LogP contribution in [0.25, 0.3) is 6.08 Å². The van der Waals surface area contributed by atoms with Gasteiger partial charge >= 0.3 is 11.9 Å². The number of carbonyl (C=O) groups is 2. The first-order valence-corrected chi connectivity index (χ1v) is 9.73.